The summed E-state index contributed by atoms with van der Waals surface area (Å²) < 4.78 is 0. The number of aryl methyl sites for hydroxylation is 1. The van der Waals surface area contributed by atoms with Crippen molar-refractivity contribution in [2.24, 2.45) is 5.92 Å². The normalized spacial score (nSPS) is 16.2. The molecular weight excluding hydrogens is 374 g/mol. The van der Waals surface area contributed by atoms with Gasteiger partial charge in [0.05, 0.1) is 5.56 Å². The fourth-order valence-corrected chi connectivity index (χ4v) is 3.64. The van der Waals surface area contributed by atoms with Gasteiger partial charge in [0, 0.05) is 31.5 Å². The van der Waals surface area contributed by atoms with Gasteiger partial charge in [-0.1, -0.05) is 17.4 Å². The summed E-state index contributed by atoms with van der Waals surface area (Å²) in [7, 11) is 0. The van der Waals surface area contributed by atoms with Crippen LogP contribution < -0.4 is 15.5 Å². The molecule has 0 radical (unpaired) electrons. The number of hydrogen-bond donors (Lipinski definition) is 2. The molecule has 28 heavy (non-hydrogen) atoms. The van der Waals surface area contributed by atoms with Gasteiger partial charge in [0.25, 0.3) is 5.91 Å². The topological polar surface area (TPSA) is 95.9 Å². The van der Waals surface area contributed by atoms with E-state index in [1.54, 1.807) is 17.8 Å². The molecule has 1 aliphatic heterocycles. The Hall–Kier alpha value is -3.07. The minimum atomic E-state index is -0.232. The molecular formula is C19H21N7OS. The van der Waals surface area contributed by atoms with E-state index in [0.29, 0.717) is 16.6 Å². The van der Waals surface area contributed by atoms with Crippen LogP contribution in [0.4, 0.5) is 16.8 Å². The average Bonchev–Trinajstić information content (AvgIpc) is 3.39. The summed E-state index contributed by atoms with van der Waals surface area (Å²) in [5.41, 5.74) is 3.09. The highest BCUT2D eigenvalue weighted by atomic mass is 32.1. The number of rotatable bonds is 6. The number of nitrogens with one attached hydrogen (secondary N) is 2. The first kappa shape index (κ1) is 18.3. The lowest BCUT2D eigenvalue weighted by atomic mass is 10.1. The quantitative estimate of drug-likeness (QED) is 0.662. The third kappa shape index (κ3) is 4.42. The summed E-state index contributed by atoms with van der Waals surface area (Å²) in [5, 5.41) is 14.1. The van der Waals surface area contributed by atoms with Crippen molar-refractivity contribution in [3.63, 3.8) is 0 Å². The molecule has 1 aliphatic rings. The van der Waals surface area contributed by atoms with E-state index in [2.05, 4.69) is 35.7 Å². The average molecular weight is 395 g/mol. The summed E-state index contributed by atoms with van der Waals surface area (Å²) >= 11 is 1.28. The molecule has 0 spiro atoms. The zero-order chi connectivity index (χ0) is 19.3. The molecule has 1 saturated heterocycles. The molecule has 3 aromatic heterocycles. The fourth-order valence-electron chi connectivity index (χ4n) is 3.20. The van der Waals surface area contributed by atoms with Crippen molar-refractivity contribution in [2.75, 3.05) is 35.2 Å². The molecule has 0 bridgehead atoms. The number of carbonyl (C=O) groups excluding carboxylic acids is 1. The Labute approximate surface area is 167 Å². The number of anilines is 3. The predicted molar refractivity (Wildman–Crippen MR) is 110 cm³/mol. The molecule has 0 aromatic carbocycles. The van der Waals surface area contributed by atoms with Crippen LogP contribution in [0.2, 0.25) is 0 Å². The van der Waals surface area contributed by atoms with Crippen LogP contribution in [0.1, 0.15) is 22.5 Å². The molecule has 9 heteroatoms. The van der Waals surface area contributed by atoms with Gasteiger partial charge in [-0.2, -0.15) is 0 Å². The van der Waals surface area contributed by atoms with E-state index >= 15 is 0 Å². The highest BCUT2D eigenvalue weighted by Crippen LogP contribution is 2.23. The van der Waals surface area contributed by atoms with E-state index in [1.807, 2.05) is 31.2 Å². The Morgan fingerprint density at radius 2 is 2.25 bits per heavy atom. The van der Waals surface area contributed by atoms with E-state index in [0.717, 1.165) is 43.4 Å². The van der Waals surface area contributed by atoms with Gasteiger partial charge in [-0.05, 0) is 43.5 Å². The van der Waals surface area contributed by atoms with Crippen LogP contribution in [0, 0.1) is 12.8 Å². The fraction of sp³-hybridized carbons (Fsp3) is 0.316. The van der Waals surface area contributed by atoms with Gasteiger partial charge < -0.3 is 10.2 Å². The molecule has 0 aliphatic carbocycles. The van der Waals surface area contributed by atoms with Gasteiger partial charge in [-0.3, -0.25) is 10.1 Å². The van der Waals surface area contributed by atoms with Gasteiger partial charge in [-0.15, -0.1) is 10.2 Å². The summed E-state index contributed by atoms with van der Waals surface area (Å²) in [4.78, 5) is 23.4. The number of pyridine rings is 2. The maximum Gasteiger partial charge on any atom is 0.259 e. The second-order valence-electron chi connectivity index (χ2n) is 6.75. The lowest BCUT2D eigenvalue weighted by molar-refractivity contribution is 0.102. The first-order valence-electron chi connectivity index (χ1n) is 9.13. The summed E-state index contributed by atoms with van der Waals surface area (Å²) in [6.07, 6.45) is 2.70. The number of carbonyl (C=O) groups is 1. The highest BCUT2D eigenvalue weighted by Gasteiger charge is 2.23. The first-order valence-corrected chi connectivity index (χ1v) is 10.0. The van der Waals surface area contributed by atoms with Crippen LogP contribution in [0.5, 0.6) is 0 Å². The third-order valence-corrected chi connectivity index (χ3v) is 5.27. The van der Waals surface area contributed by atoms with E-state index < -0.39 is 0 Å². The molecule has 8 nitrogen and oxygen atoms in total. The summed E-state index contributed by atoms with van der Waals surface area (Å²) in [6.45, 7) is 4.76. The summed E-state index contributed by atoms with van der Waals surface area (Å²) in [5.74, 6) is 2.11. The van der Waals surface area contributed by atoms with Crippen molar-refractivity contribution in [1.29, 1.82) is 0 Å². The standard InChI is InChI=1S/C19H21N7OS/c1-13-3-2-4-16(23-13)20-9-14-7-8-26(11-14)17-6-5-15(10-21-17)18(27)24-19-25-22-12-28-19/h2-6,10,12,14H,7-9,11H2,1H3,(H,20,23)(H,24,25,27). The zero-order valence-corrected chi connectivity index (χ0v) is 16.3. The monoisotopic (exact) mass is 395 g/mol. The Morgan fingerprint density at radius 1 is 1.32 bits per heavy atom. The molecule has 144 valence electrons. The zero-order valence-electron chi connectivity index (χ0n) is 15.5. The molecule has 1 atom stereocenters. The highest BCUT2D eigenvalue weighted by molar-refractivity contribution is 7.13. The lowest BCUT2D eigenvalue weighted by Crippen LogP contribution is -2.23. The molecule has 4 rings (SSSR count). The SMILES string of the molecule is Cc1cccc(NCC2CCN(c3ccc(C(=O)Nc4nncs4)cn3)C2)n1. The van der Waals surface area contributed by atoms with Gasteiger partial charge in [0.15, 0.2) is 0 Å². The number of amides is 1. The Balaban J connectivity index is 1.30. The number of aromatic nitrogens is 4. The maximum atomic E-state index is 12.2. The predicted octanol–water partition coefficient (Wildman–Crippen LogP) is 2.83. The Morgan fingerprint density at radius 3 is 3.00 bits per heavy atom. The van der Waals surface area contributed by atoms with Crippen molar-refractivity contribution >= 4 is 34.0 Å². The van der Waals surface area contributed by atoms with E-state index in [-0.39, 0.29) is 5.91 Å². The molecule has 4 heterocycles. The van der Waals surface area contributed by atoms with Crippen LogP contribution in [-0.4, -0.2) is 45.7 Å². The largest absolute Gasteiger partial charge is 0.370 e. The van der Waals surface area contributed by atoms with Gasteiger partial charge in [0.2, 0.25) is 5.13 Å². The first-order chi connectivity index (χ1) is 13.7. The van der Waals surface area contributed by atoms with E-state index in [4.69, 9.17) is 0 Å². The molecule has 1 unspecified atom stereocenters. The molecule has 1 amide bonds. The van der Waals surface area contributed by atoms with Crippen molar-refractivity contribution < 1.29 is 4.79 Å². The molecule has 2 N–H and O–H groups in total. The lowest BCUT2D eigenvalue weighted by Gasteiger charge is -2.18. The van der Waals surface area contributed by atoms with Gasteiger partial charge in [0.1, 0.15) is 17.1 Å². The van der Waals surface area contributed by atoms with E-state index in [1.165, 1.54) is 11.3 Å². The second kappa shape index (κ2) is 8.30. The van der Waals surface area contributed by atoms with Crippen molar-refractivity contribution in [3.8, 4) is 0 Å². The minimum absolute atomic E-state index is 0.232. The van der Waals surface area contributed by atoms with Crippen LogP contribution in [0.3, 0.4) is 0 Å². The van der Waals surface area contributed by atoms with Gasteiger partial charge in [-0.25, -0.2) is 9.97 Å². The second-order valence-corrected chi connectivity index (χ2v) is 7.58. The molecule has 1 fully saturated rings. The van der Waals surface area contributed by atoms with Crippen molar-refractivity contribution in [3.05, 3.63) is 53.3 Å². The third-order valence-electron chi connectivity index (χ3n) is 4.66. The Kier molecular flexibility index (Phi) is 5.43. The smallest absolute Gasteiger partial charge is 0.259 e. The van der Waals surface area contributed by atoms with Crippen molar-refractivity contribution in [1.82, 2.24) is 20.2 Å². The van der Waals surface area contributed by atoms with Crippen LogP contribution in [0.15, 0.2) is 42.0 Å². The summed E-state index contributed by atoms with van der Waals surface area (Å²) in [6, 6.07) is 9.69. The van der Waals surface area contributed by atoms with Gasteiger partial charge >= 0.3 is 0 Å². The van der Waals surface area contributed by atoms with Crippen LogP contribution in [-0.2, 0) is 0 Å². The maximum absolute atomic E-state index is 12.2. The van der Waals surface area contributed by atoms with Crippen LogP contribution >= 0.6 is 11.3 Å². The Bertz CT molecular complexity index is 930. The van der Waals surface area contributed by atoms with Crippen LogP contribution in [0.25, 0.3) is 0 Å². The minimum Gasteiger partial charge on any atom is -0.370 e. The molecule has 3 aromatic rings. The molecule has 0 saturated carbocycles. The number of hydrogen-bond acceptors (Lipinski definition) is 8. The van der Waals surface area contributed by atoms with Crippen molar-refractivity contribution in [2.45, 2.75) is 13.3 Å². The van der Waals surface area contributed by atoms with E-state index in [9.17, 15) is 4.79 Å². The number of nitrogens with zero attached hydrogens (tertiary/aromatic N) is 5.